The Morgan fingerprint density at radius 1 is 1.33 bits per heavy atom. The summed E-state index contributed by atoms with van der Waals surface area (Å²) < 4.78 is 5.86. The van der Waals surface area contributed by atoms with E-state index in [2.05, 4.69) is 37.8 Å². The Labute approximate surface area is 132 Å². The molecule has 0 amide bonds. The number of rotatable bonds is 2. The summed E-state index contributed by atoms with van der Waals surface area (Å²) in [6.07, 6.45) is 1.07. The van der Waals surface area contributed by atoms with Gasteiger partial charge in [-0.05, 0) is 24.8 Å². The summed E-state index contributed by atoms with van der Waals surface area (Å²) in [7, 11) is 0. The van der Waals surface area contributed by atoms with Crippen molar-refractivity contribution in [3.05, 3.63) is 35.6 Å². The quantitative estimate of drug-likeness (QED) is 0.919. The molecule has 0 bridgehead atoms. The molecule has 3 rings (SSSR count). The number of benzene rings is 1. The summed E-state index contributed by atoms with van der Waals surface area (Å²) in [4.78, 5) is 2.51. The molecule has 116 valence electrons. The van der Waals surface area contributed by atoms with E-state index >= 15 is 0 Å². The van der Waals surface area contributed by atoms with Gasteiger partial charge in [-0.15, -0.1) is 12.4 Å². The fourth-order valence-corrected chi connectivity index (χ4v) is 3.26. The third kappa shape index (κ3) is 3.10. The van der Waals surface area contributed by atoms with Crippen LogP contribution in [0, 0.1) is 12.3 Å². The highest BCUT2D eigenvalue weighted by Gasteiger charge is 2.33. The van der Waals surface area contributed by atoms with Crippen molar-refractivity contribution in [1.29, 1.82) is 0 Å². The van der Waals surface area contributed by atoms with E-state index in [1.165, 1.54) is 10.9 Å². The van der Waals surface area contributed by atoms with E-state index in [0.717, 1.165) is 37.4 Å². The number of halogens is 1. The minimum atomic E-state index is 0. The minimum Gasteiger partial charge on any atom is -0.461 e. The van der Waals surface area contributed by atoms with Crippen LogP contribution in [0.4, 0.5) is 0 Å². The smallest absolute Gasteiger partial charge is 0.134 e. The molecule has 0 radical (unpaired) electrons. The standard InChI is InChI=1S/C17H24N2O.ClH/c1-12-14(13-6-4-5-7-15(13)20-12)10-19-9-8-16(18)17(2,3)11-19;/h4-7,16H,8-11,18H2,1-3H3;1H. The van der Waals surface area contributed by atoms with Crippen molar-refractivity contribution >= 4 is 23.4 Å². The van der Waals surface area contributed by atoms with E-state index in [-0.39, 0.29) is 17.8 Å². The third-order valence-electron chi connectivity index (χ3n) is 4.67. The maximum atomic E-state index is 6.22. The van der Waals surface area contributed by atoms with Gasteiger partial charge in [0.2, 0.25) is 0 Å². The van der Waals surface area contributed by atoms with Crippen molar-refractivity contribution in [2.45, 2.75) is 39.8 Å². The monoisotopic (exact) mass is 308 g/mol. The van der Waals surface area contributed by atoms with Crippen LogP contribution in [0.25, 0.3) is 11.0 Å². The first-order valence-corrected chi connectivity index (χ1v) is 7.42. The summed E-state index contributed by atoms with van der Waals surface area (Å²) >= 11 is 0. The Bertz CT molecular complexity index is 620. The van der Waals surface area contributed by atoms with Gasteiger partial charge >= 0.3 is 0 Å². The number of furan rings is 1. The molecule has 1 fully saturated rings. The van der Waals surface area contributed by atoms with E-state index < -0.39 is 0 Å². The van der Waals surface area contributed by atoms with Crippen LogP contribution in [0.2, 0.25) is 0 Å². The van der Waals surface area contributed by atoms with Gasteiger partial charge in [0.25, 0.3) is 0 Å². The summed E-state index contributed by atoms with van der Waals surface area (Å²) in [5, 5.41) is 1.25. The number of nitrogens with zero attached hydrogens (tertiary/aromatic N) is 1. The second-order valence-corrected chi connectivity index (χ2v) is 6.73. The average Bonchev–Trinajstić information content (AvgIpc) is 2.70. The zero-order chi connectivity index (χ0) is 14.3. The summed E-state index contributed by atoms with van der Waals surface area (Å²) in [5.41, 5.74) is 8.73. The predicted octanol–water partition coefficient (Wildman–Crippen LogP) is 3.72. The number of nitrogens with two attached hydrogens (primary N) is 1. The van der Waals surface area contributed by atoms with Crippen LogP contribution in [-0.2, 0) is 6.54 Å². The van der Waals surface area contributed by atoms with Crippen LogP contribution in [0.3, 0.4) is 0 Å². The lowest BCUT2D eigenvalue weighted by atomic mass is 9.79. The number of para-hydroxylation sites is 1. The zero-order valence-corrected chi connectivity index (χ0v) is 13.9. The molecule has 1 aliphatic rings. The number of piperidine rings is 1. The molecule has 1 unspecified atom stereocenters. The van der Waals surface area contributed by atoms with Crippen LogP contribution in [0.5, 0.6) is 0 Å². The third-order valence-corrected chi connectivity index (χ3v) is 4.67. The Morgan fingerprint density at radius 2 is 2.05 bits per heavy atom. The lowest BCUT2D eigenvalue weighted by molar-refractivity contribution is 0.0898. The molecule has 4 heteroatoms. The molecule has 21 heavy (non-hydrogen) atoms. The molecule has 1 saturated heterocycles. The van der Waals surface area contributed by atoms with Gasteiger partial charge in [-0.2, -0.15) is 0 Å². The van der Waals surface area contributed by atoms with Crippen molar-refractivity contribution < 1.29 is 4.42 Å². The molecular formula is C17H25ClN2O. The Hall–Kier alpha value is -1.03. The SMILES string of the molecule is Cc1oc2ccccc2c1CN1CCC(N)C(C)(C)C1.Cl. The Morgan fingerprint density at radius 3 is 2.76 bits per heavy atom. The number of likely N-dealkylation sites (tertiary alicyclic amines) is 1. The number of aryl methyl sites for hydroxylation is 1. The molecule has 2 aromatic rings. The second-order valence-electron chi connectivity index (χ2n) is 6.73. The van der Waals surface area contributed by atoms with Crippen LogP contribution in [0.15, 0.2) is 28.7 Å². The molecule has 2 heterocycles. The van der Waals surface area contributed by atoms with Gasteiger partial charge < -0.3 is 10.2 Å². The first-order chi connectivity index (χ1) is 9.47. The molecule has 2 N–H and O–H groups in total. The fraction of sp³-hybridized carbons (Fsp3) is 0.529. The van der Waals surface area contributed by atoms with Crippen LogP contribution < -0.4 is 5.73 Å². The lowest BCUT2D eigenvalue weighted by Gasteiger charge is -2.42. The number of hydrogen-bond donors (Lipinski definition) is 1. The second kappa shape index (κ2) is 5.99. The number of fused-ring (bicyclic) bond motifs is 1. The summed E-state index contributed by atoms with van der Waals surface area (Å²) in [6.45, 7) is 9.68. The highest BCUT2D eigenvalue weighted by Crippen LogP contribution is 2.31. The van der Waals surface area contributed by atoms with Crippen LogP contribution >= 0.6 is 12.4 Å². The van der Waals surface area contributed by atoms with Crippen molar-refractivity contribution in [2.75, 3.05) is 13.1 Å². The molecule has 1 aromatic heterocycles. The van der Waals surface area contributed by atoms with Gasteiger partial charge in [-0.25, -0.2) is 0 Å². The zero-order valence-electron chi connectivity index (χ0n) is 13.1. The summed E-state index contributed by atoms with van der Waals surface area (Å²) in [6, 6.07) is 8.61. The molecular weight excluding hydrogens is 284 g/mol. The molecule has 0 saturated carbocycles. The van der Waals surface area contributed by atoms with Gasteiger partial charge in [-0.3, -0.25) is 4.90 Å². The fourth-order valence-electron chi connectivity index (χ4n) is 3.26. The molecule has 1 aliphatic heterocycles. The van der Waals surface area contributed by atoms with E-state index in [4.69, 9.17) is 10.2 Å². The van der Waals surface area contributed by atoms with Gasteiger partial charge in [-0.1, -0.05) is 32.0 Å². The highest BCUT2D eigenvalue weighted by atomic mass is 35.5. The maximum absolute atomic E-state index is 6.22. The number of hydrogen-bond acceptors (Lipinski definition) is 3. The van der Waals surface area contributed by atoms with Gasteiger partial charge in [0.15, 0.2) is 0 Å². The normalized spacial score (nSPS) is 22.2. The van der Waals surface area contributed by atoms with Crippen molar-refractivity contribution in [2.24, 2.45) is 11.1 Å². The van der Waals surface area contributed by atoms with Crippen molar-refractivity contribution in [3.63, 3.8) is 0 Å². The van der Waals surface area contributed by atoms with Gasteiger partial charge in [0.1, 0.15) is 11.3 Å². The largest absolute Gasteiger partial charge is 0.461 e. The van der Waals surface area contributed by atoms with E-state index in [0.29, 0.717) is 6.04 Å². The average molecular weight is 309 g/mol. The van der Waals surface area contributed by atoms with E-state index in [1.54, 1.807) is 0 Å². The van der Waals surface area contributed by atoms with Gasteiger partial charge in [0.05, 0.1) is 0 Å². The van der Waals surface area contributed by atoms with Crippen molar-refractivity contribution in [3.8, 4) is 0 Å². The molecule has 1 aromatic carbocycles. The molecule has 0 spiro atoms. The first kappa shape index (κ1) is 16.3. The molecule has 0 aliphatic carbocycles. The van der Waals surface area contributed by atoms with Crippen LogP contribution in [-0.4, -0.2) is 24.0 Å². The lowest BCUT2D eigenvalue weighted by Crippen LogP contribution is -2.52. The van der Waals surface area contributed by atoms with E-state index in [9.17, 15) is 0 Å². The first-order valence-electron chi connectivity index (χ1n) is 7.42. The van der Waals surface area contributed by atoms with E-state index in [1.807, 2.05) is 12.1 Å². The highest BCUT2D eigenvalue weighted by molar-refractivity contribution is 5.85. The minimum absolute atomic E-state index is 0. The summed E-state index contributed by atoms with van der Waals surface area (Å²) in [5.74, 6) is 1.04. The predicted molar refractivity (Wildman–Crippen MR) is 89.8 cm³/mol. The Kier molecular flexibility index (Phi) is 4.66. The van der Waals surface area contributed by atoms with Crippen molar-refractivity contribution in [1.82, 2.24) is 4.90 Å². The van der Waals surface area contributed by atoms with Gasteiger partial charge in [0, 0.05) is 36.6 Å². The topological polar surface area (TPSA) is 42.4 Å². The molecule has 1 atom stereocenters. The Balaban J connectivity index is 0.00000161. The maximum Gasteiger partial charge on any atom is 0.134 e. The van der Waals surface area contributed by atoms with Crippen LogP contribution in [0.1, 0.15) is 31.6 Å². The molecule has 3 nitrogen and oxygen atoms in total.